The maximum Gasteiger partial charge on any atom is 0.240 e. The lowest BCUT2D eigenvalue weighted by molar-refractivity contribution is 0.173. The molecule has 0 spiro atoms. The molecular weight excluding hydrogens is 332 g/mol. The Balaban J connectivity index is 1.17. The first kappa shape index (κ1) is 15.9. The SMILES string of the molecule is CN(Cc1nc(C2CC2)no1)C1CCN(c2ccc3c(c2)OCO3)CC1. The molecule has 7 nitrogen and oxygen atoms in total. The van der Waals surface area contributed by atoms with E-state index in [4.69, 9.17) is 14.0 Å². The summed E-state index contributed by atoms with van der Waals surface area (Å²) in [5.41, 5.74) is 1.21. The highest BCUT2D eigenvalue weighted by molar-refractivity contribution is 5.57. The van der Waals surface area contributed by atoms with Crippen LogP contribution in [0.5, 0.6) is 11.5 Å². The van der Waals surface area contributed by atoms with E-state index in [9.17, 15) is 0 Å². The van der Waals surface area contributed by atoms with Crippen LogP contribution in [0.25, 0.3) is 0 Å². The largest absolute Gasteiger partial charge is 0.454 e. The summed E-state index contributed by atoms with van der Waals surface area (Å²) < 4.78 is 16.3. The highest BCUT2D eigenvalue weighted by Crippen LogP contribution is 2.38. The number of hydrogen-bond donors (Lipinski definition) is 0. The van der Waals surface area contributed by atoms with Crippen molar-refractivity contribution in [2.75, 3.05) is 31.8 Å². The molecular formula is C19H24N4O3. The van der Waals surface area contributed by atoms with Crippen LogP contribution in [0.1, 0.15) is 43.3 Å². The van der Waals surface area contributed by atoms with E-state index in [0.29, 0.717) is 18.8 Å². The highest BCUT2D eigenvalue weighted by atomic mass is 16.7. The average molecular weight is 356 g/mol. The van der Waals surface area contributed by atoms with Gasteiger partial charge in [-0.15, -0.1) is 0 Å². The lowest BCUT2D eigenvalue weighted by Gasteiger charge is -2.37. The minimum absolute atomic E-state index is 0.323. The Morgan fingerprint density at radius 3 is 2.73 bits per heavy atom. The fourth-order valence-corrected chi connectivity index (χ4v) is 3.83. The van der Waals surface area contributed by atoms with Crippen molar-refractivity contribution < 1.29 is 14.0 Å². The van der Waals surface area contributed by atoms with Crippen LogP contribution in [0.15, 0.2) is 22.7 Å². The van der Waals surface area contributed by atoms with Gasteiger partial charge in [-0.1, -0.05) is 5.16 Å². The molecule has 1 aliphatic carbocycles. The molecule has 138 valence electrons. The van der Waals surface area contributed by atoms with Gasteiger partial charge in [-0.2, -0.15) is 4.98 Å². The first-order chi connectivity index (χ1) is 12.8. The van der Waals surface area contributed by atoms with Gasteiger partial charge in [0.2, 0.25) is 12.7 Å². The molecule has 1 saturated heterocycles. The van der Waals surface area contributed by atoms with Crippen LogP contribution in [-0.4, -0.2) is 48.0 Å². The molecule has 0 N–H and O–H groups in total. The first-order valence-corrected chi connectivity index (χ1v) is 9.43. The van der Waals surface area contributed by atoms with Crippen LogP contribution >= 0.6 is 0 Å². The van der Waals surface area contributed by atoms with Crippen molar-refractivity contribution in [2.45, 2.75) is 44.2 Å². The van der Waals surface area contributed by atoms with Gasteiger partial charge in [0.15, 0.2) is 17.3 Å². The third-order valence-corrected chi connectivity index (χ3v) is 5.62. The summed E-state index contributed by atoms with van der Waals surface area (Å²) in [6, 6.07) is 6.75. The Morgan fingerprint density at radius 2 is 1.92 bits per heavy atom. The number of nitrogens with zero attached hydrogens (tertiary/aromatic N) is 4. The molecule has 1 aromatic heterocycles. The maximum atomic E-state index is 5.50. The average Bonchev–Trinajstić information content (AvgIpc) is 3.23. The monoisotopic (exact) mass is 356 g/mol. The quantitative estimate of drug-likeness (QED) is 0.816. The third kappa shape index (κ3) is 3.11. The Bertz CT molecular complexity index is 781. The predicted molar refractivity (Wildman–Crippen MR) is 95.5 cm³/mol. The standard InChI is InChI=1S/C19H24N4O3/c1-22(11-18-20-19(21-26-18)13-2-3-13)14-6-8-23(9-7-14)15-4-5-16-17(10-15)25-12-24-16/h4-5,10,13-14H,2-3,6-9,11-12H2,1H3. The van der Waals surface area contributed by atoms with Gasteiger partial charge >= 0.3 is 0 Å². The van der Waals surface area contributed by atoms with Crippen molar-refractivity contribution in [2.24, 2.45) is 0 Å². The van der Waals surface area contributed by atoms with Gasteiger partial charge in [-0.25, -0.2) is 0 Å². The van der Waals surface area contributed by atoms with E-state index < -0.39 is 0 Å². The van der Waals surface area contributed by atoms with Gasteiger partial charge in [0.25, 0.3) is 0 Å². The molecule has 26 heavy (non-hydrogen) atoms. The number of aromatic nitrogens is 2. The summed E-state index contributed by atoms with van der Waals surface area (Å²) in [5, 5.41) is 4.11. The number of fused-ring (bicyclic) bond motifs is 1. The van der Waals surface area contributed by atoms with Crippen molar-refractivity contribution in [1.82, 2.24) is 15.0 Å². The smallest absolute Gasteiger partial charge is 0.240 e. The molecule has 1 aromatic carbocycles. The summed E-state index contributed by atoms with van der Waals surface area (Å²) in [6.45, 7) is 3.12. The van der Waals surface area contributed by atoms with Crippen LogP contribution in [0.4, 0.5) is 5.69 Å². The Morgan fingerprint density at radius 1 is 1.12 bits per heavy atom. The maximum absolute atomic E-state index is 5.50. The zero-order chi connectivity index (χ0) is 17.5. The number of anilines is 1. The second-order valence-corrected chi connectivity index (χ2v) is 7.49. The normalized spacial score (nSPS) is 20.2. The second kappa shape index (κ2) is 6.46. The molecule has 0 unspecified atom stereocenters. The molecule has 2 fully saturated rings. The Kier molecular flexibility index (Phi) is 3.96. The molecule has 2 aromatic rings. The summed E-state index contributed by atoms with van der Waals surface area (Å²) in [7, 11) is 2.15. The van der Waals surface area contributed by atoms with Gasteiger partial charge in [-0.05, 0) is 44.9 Å². The van der Waals surface area contributed by atoms with E-state index in [0.717, 1.165) is 55.7 Å². The first-order valence-electron chi connectivity index (χ1n) is 9.43. The number of ether oxygens (including phenoxy) is 2. The number of rotatable bonds is 5. The molecule has 1 saturated carbocycles. The van der Waals surface area contributed by atoms with Crippen molar-refractivity contribution in [3.8, 4) is 11.5 Å². The molecule has 3 heterocycles. The molecule has 7 heteroatoms. The van der Waals surface area contributed by atoms with Gasteiger partial charge in [0, 0.05) is 36.8 Å². The Hall–Kier alpha value is -2.28. The zero-order valence-electron chi connectivity index (χ0n) is 15.1. The van der Waals surface area contributed by atoms with E-state index in [-0.39, 0.29) is 0 Å². The predicted octanol–water partition coefficient (Wildman–Crippen LogP) is 2.78. The topological polar surface area (TPSA) is 63.9 Å². The fraction of sp³-hybridized carbons (Fsp3) is 0.579. The van der Waals surface area contributed by atoms with Gasteiger partial charge in [-0.3, -0.25) is 4.90 Å². The summed E-state index contributed by atoms with van der Waals surface area (Å²) >= 11 is 0. The molecule has 0 radical (unpaired) electrons. The van der Waals surface area contributed by atoms with Crippen molar-refractivity contribution >= 4 is 5.69 Å². The zero-order valence-corrected chi connectivity index (χ0v) is 15.1. The summed E-state index contributed by atoms with van der Waals surface area (Å²) in [4.78, 5) is 9.32. The Labute approximate surface area is 152 Å². The number of piperidine rings is 1. The molecule has 2 aliphatic heterocycles. The fourth-order valence-electron chi connectivity index (χ4n) is 3.83. The minimum atomic E-state index is 0.323. The summed E-state index contributed by atoms with van der Waals surface area (Å²) in [5.74, 6) is 3.87. The molecule has 0 atom stereocenters. The van der Waals surface area contributed by atoms with Crippen molar-refractivity contribution in [3.63, 3.8) is 0 Å². The van der Waals surface area contributed by atoms with Crippen LogP contribution < -0.4 is 14.4 Å². The molecule has 5 rings (SSSR count). The number of benzene rings is 1. The van der Waals surface area contributed by atoms with E-state index in [1.807, 2.05) is 6.07 Å². The van der Waals surface area contributed by atoms with Gasteiger partial charge < -0.3 is 18.9 Å². The van der Waals surface area contributed by atoms with E-state index in [2.05, 4.69) is 39.1 Å². The van der Waals surface area contributed by atoms with Crippen molar-refractivity contribution in [1.29, 1.82) is 0 Å². The van der Waals surface area contributed by atoms with Crippen molar-refractivity contribution in [3.05, 3.63) is 29.9 Å². The van der Waals surface area contributed by atoms with E-state index >= 15 is 0 Å². The third-order valence-electron chi connectivity index (χ3n) is 5.62. The lowest BCUT2D eigenvalue weighted by atomic mass is 10.0. The number of hydrogen-bond acceptors (Lipinski definition) is 7. The molecule has 0 amide bonds. The summed E-state index contributed by atoms with van der Waals surface area (Å²) in [6.07, 6.45) is 4.64. The van der Waals surface area contributed by atoms with Crippen LogP contribution in [0.3, 0.4) is 0 Å². The van der Waals surface area contributed by atoms with E-state index in [1.165, 1.54) is 18.5 Å². The highest BCUT2D eigenvalue weighted by Gasteiger charge is 2.30. The van der Waals surface area contributed by atoms with Gasteiger partial charge in [0.05, 0.1) is 6.54 Å². The van der Waals surface area contributed by atoms with E-state index in [1.54, 1.807) is 0 Å². The van der Waals surface area contributed by atoms with Crippen LogP contribution in [0.2, 0.25) is 0 Å². The second-order valence-electron chi connectivity index (χ2n) is 7.49. The van der Waals surface area contributed by atoms with Crippen LogP contribution in [0, 0.1) is 0 Å². The minimum Gasteiger partial charge on any atom is -0.454 e. The van der Waals surface area contributed by atoms with Gasteiger partial charge in [0.1, 0.15) is 0 Å². The molecule has 0 bridgehead atoms. The molecule has 3 aliphatic rings. The van der Waals surface area contributed by atoms with Crippen LogP contribution in [-0.2, 0) is 6.54 Å². The lowest BCUT2D eigenvalue weighted by Crippen LogP contribution is -2.43.